The fraction of sp³-hybridized carbons (Fsp3) is 0.667. The minimum absolute atomic E-state index is 0.179. The zero-order valence-electron chi connectivity index (χ0n) is 8.95. The van der Waals surface area contributed by atoms with Crippen molar-refractivity contribution in [1.82, 2.24) is 5.32 Å². The lowest BCUT2D eigenvalue weighted by molar-refractivity contribution is -0.173. The SMILES string of the molecule is O=C(O)C1=NOC(C(=O)NC2(C(F)(F)F)CC2)C1. The van der Waals surface area contributed by atoms with E-state index in [0.29, 0.717) is 0 Å². The van der Waals surface area contributed by atoms with Crippen LogP contribution in [0.25, 0.3) is 0 Å². The van der Waals surface area contributed by atoms with E-state index < -0.39 is 29.7 Å². The topological polar surface area (TPSA) is 88.0 Å². The third-order valence-electron chi connectivity index (χ3n) is 2.86. The number of rotatable bonds is 3. The molecular formula is C9H9F3N2O4. The molecule has 1 aliphatic heterocycles. The van der Waals surface area contributed by atoms with Crippen molar-refractivity contribution in [2.24, 2.45) is 5.16 Å². The molecule has 0 spiro atoms. The van der Waals surface area contributed by atoms with Gasteiger partial charge in [-0.1, -0.05) is 5.16 Å². The molecule has 1 atom stereocenters. The number of alkyl halides is 3. The smallest absolute Gasteiger partial charge is 0.411 e. The molecule has 0 aromatic carbocycles. The Labute approximate surface area is 98.8 Å². The molecule has 1 amide bonds. The molecule has 1 unspecified atom stereocenters. The second-order valence-electron chi connectivity index (χ2n) is 4.21. The first-order valence-corrected chi connectivity index (χ1v) is 5.10. The van der Waals surface area contributed by atoms with Crippen LogP contribution in [0.15, 0.2) is 5.16 Å². The predicted octanol–water partition coefficient (Wildman–Crippen LogP) is 0.427. The summed E-state index contributed by atoms with van der Waals surface area (Å²) in [6, 6.07) is 0. The first kappa shape index (κ1) is 12.7. The molecular weight excluding hydrogens is 257 g/mol. The van der Waals surface area contributed by atoms with Crippen LogP contribution < -0.4 is 5.32 Å². The van der Waals surface area contributed by atoms with Gasteiger partial charge in [0.1, 0.15) is 5.54 Å². The standard InChI is InChI=1S/C9H9F3N2O4/c10-9(11,12)8(1-2-8)13-6(15)5-3-4(7(16)17)14-18-5/h5H,1-3H2,(H,13,15)(H,16,17). The van der Waals surface area contributed by atoms with Crippen LogP contribution in [0.2, 0.25) is 0 Å². The number of nitrogens with zero attached hydrogens (tertiary/aromatic N) is 1. The first-order valence-electron chi connectivity index (χ1n) is 5.10. The highest BCUT2D eigenvalue weighted by Crippen LogP contribution is 2.49. The van der Waals surface area contributed by atoms with Crippen LogP contribution in [0, 0.1) is 0 Å². The maximum absolute atomic E-state index is 12.6. The summed E-state index contributed by atoms with van der Waals surface area (Å²) in [7, 11) is 0. The van der Waals surface area contributed by atoms with Gasteiger partial charge in [0.25, 0.3) is 5.91 Å². The molecule has 6 nitrogen and oxygen atoms in total. The van der Waals surface area contributed by atoms with Gasteiger partial charge in [-0.15, -0.1) is 0 Å². The summed E-state index contributed by atoms with van der Waals surface area (Å²) in [5.74, 6) is -2.35. The summed E-state index contributed by atoms with van der Waals surface area (Å²) in [6.07, 6.45) is -6.52. The number of amides is 1. The van der Waals surface area contributed by atoms with Crippen molar-refractivity contribution in [2.75, 3.05) is 0 Å². The van der Waals surface area contributed by atoms with Crippen molar-refractivity contribution in [3.63, 3.8) is 0 Å². The molecule has 2 N–H and O–H groups in total. The molecule has 1 fully saturated rings. The van der Waals surface area contributed by atoms with Crippen LogP contribution in [0.4, 0.5) is 13.2 Å². The van der Waals surface area contributed by atoms with Crippen molar-refractivity contribution in [2.45, 2.75) is 37.1 Å². The lowest BCUT2D eigenvalue weighted by atomic mass is 10.1. The second kappa shape index (κ2) is 3.85. The van der Waals surface area contributed by atoms with E-state index in [1.807, 2.05) is 5.32 Å². The fourth-order valence-corrected chi connectivity index (χ4v) is 1.56. The summed E-state index contributed by atoms with van der Waals surface area (Å²) in [6.45, 7) is 0. The lowest BCUT2D eigenvalue weighted by Gasteiger charge is -2.21. The molecule has 2 rings (SSSR count). The van der Waals surface area contributed by atoms with Gasteiger partial charge >= 0.3 is 12.1 Å². The van der Waals surface area contributed by atoms with Crippen LogP contribution in [0.1, 0.15) is 19.3 Å². The number of aliphatic carboxylic acids is 1. The summed E-state index contributed by atoms with van der Waals surface area (Å²) in [4.78, 5) is 26.5. The van der Waals surface area contributed by atoms with Crippen LogP contribution in [-0.2, 0) is 14.4 Å². The number of carbonyl (C=O) groups excluding carboxylic acids is 1. The minimum atomic E-state index is -4.52. The van der Waals surface area contributed by atoms with E-state index in [9.17, 15) is 22.8 Å². The lowest BCUT2D eigenvalue weighted by Crippen LogP contribution is -2.51. The van der Waals surface area contributed by atoms with Gasteiger partial charge < -0.3 is 15.3 Å². The number of oxime groups is 1. The van der Waals surface area contributed by atoms with Gasteiger partial charge in [-0.25, -0.2) is 4.79 Å². The quantitative estimate of drug-likeness (QED) is 0.775. The van der Waals surface area contributed by atoms with E-state index in [-0.39, 0.29) is 25.0 Å². The summed E-state index contributed by atoms with van der Waals surface area (Å²) >= 11 is 0. The number of hydrogen-bond donors (Lipinski definition) is 2. The van der Waals surface area contributed by atoms with Gasteiger partial charge in [0.15, 0.2) is 5.71 Å². The molecule has 1 heterocycles. The number of carboxylic acid groups (broad SMARTS) is 1. The third kappa shape index (κ3) is 2.12. The monoisotopic (exact) mass is 266 g/mol. The largest absolute Gasteiger partial charge is 0.477 e. The molecule has 2 aliphatic rings. The van der Waals surface area contributed by atoms with Gasteiger partial charge in [0.2, 0.25) is 6.10 Å². The first-order chi connectivity index (χ1) is 8.25. The zero-order valence-corrected chi connectivity index (χ0v) is 8.95. The summed E-state index contributed by atoms with van der Waals surface area (Å²) in [5.41, 5.74) is -2.56. The van der Waals surface area contributed by atoms with Gasteiger partial charge in [0.05, 0.1) is 0 Å². The molecule has 1 aliphatic carbocycles. The van der Waals surface area contributed by atoms with E-state index in [1.54, 1.807) is 0 Å². The molecule has 1 saturated carbocycles. The van der Waals surface area contributed by atoms with Crippen molar-refractivity contribution < 1.29 is 32.7 Å². The second-order valence-corrected chi connectivity index (χ2v) is 4.21. The Bertz CT molecular complexity index is 428. The molecule has 9 heteroatoms. The fourth-order valence-electron chi connectivity index (χ4n) is 1.56. The maximum Gasteiger partial charge on any atom is 0.411 e. The van der Waals surface area contributed by atoms with Crippen LogP contribution >= 0.6 is 0 Å². The Morgan fingerprint density at radius 1 is 1.44 bits per heavy atom. The van der Waals surface area contributed by atoms with Gasteiger partial charge in [-0.05, 0) is 12.8 Å². The minimum Gasteiger partial charge on any atom is -0.477 e. The normalized spacial score (nSPS) is 25.1. The van der Waals surface area contributed by atoms with Crippen LogP contribution in [0.3, 0.4) is 0 Å². The summed E-state index contributed by atoms with van der Waals surface area (Å²) in [5, 5.41) is 13.5. The Morgan fingerprint density at radius 2 is 2.06 bits per heavy atom. The van der Waals surface area contributed by atoms with Gasteiger partial charge in [-0.2, -0.15) is 13.2 Å². The van der Waals surface area contributed by atoms with Crippen molar-refractivity contribution >= 4 is 17.6 Å². The molecule has 0 radical (unpaired) electrons. The Hall–Kier alpha value is -1.80. The molecule has 0 aromatic rings. The van der Waals surface area contributed by atoms with Crippen molar-refractivity contribution in [1.29, 1.82) is 0 Å². The van der Waals surface area contributed by atoms with E-state index in [1.165, 1.54) is 0 Å². The zero-order chi connectivity index (χ0) is 13.6. The van der Waals surface area contributed by atoms with Crippen LogP contribution in [0.5, 0.6) is 0 Å². The third-order valence-corrected chi connectivity index (χ3v) is 2.86. The number of carboxylic acids is 1. The molecule has 0 bridgehead atoms. The van der Waals surface area contributed by atoms with E-state index in [4.69, 9.17) is 5.11 Å². The summed E-state index contributed by atoms with van der Waals surface area (Å²) < 4.78 is 37.7. The molecule has 18 heavy (non-hydrogen) atoms. The average molecular weight is 266 g/mol. The molecule has 0 saturated heterocycles. The Balaban J connectivity index is 1.94. The highest BCUT2D eigenvalue weighted by molar-refractivity contribution is 6.36. The highest BCUT2D eigenvalue weighted by atomic mass is 19.4. The van der Waals surface area contributed by atoms with E-state index >= 15 is 0 Å². The number of halogens is 3. The predicted molar refractivity (Wildman–Crippen MR) is 50.7 cm³/mol. The average Bonchev–Trinajstić information content (AvgIpc) is 2.87. The highest BCUT2D eigenvalue weighted by Gasteiger charge is 2.64. The number of nitrogens with one attached hydrogen (secondary N) is 1. The molecule has 0 aromatic heterocycles. The Kier molecular flexibility index (Phi) is 2.71. The van der Waals surface area contributed by atoms with E-state index in [0.717, 1.165) is 0 Å². The maximum atomic E-state index is 12.6. The number of carbonyl (C=O) groups is 2. The molecule has 100 valence electrons. The number of hydrogen-bond acceptors (Lipinski definition) is 4. The van der Waals surface area contributed by atoms with Crippen molar-refractivity contribution in [3.05, 3.63) is 0 Å². The van der Waals surface area contributed by atoms with Gasteiger partial charge in [-0.3, -0.25) is 4.79 Å². The Morgan fingerprint density at radius 3 is 2.44 bits per heavy atom. The van der Waals surface area contributed by atoms with Crippen LogP contribution in [-0.4, -0.2) is 40.5 Å². The van der Waals surface area contributed by atoms with Crippen molar-refractivity contribution in [3.8, 4) is 0 Å². The van der Waals surface area contributed by atoms with Gasteiger partial charge in [0, 0.05) is 6.42 Å². The van der Waals surface area contributed by atoms with E-state index in [2.05, 4.69) is 9.99 Å².